The Hall–Kier alpha value is -2.64. The van der Waals surface area contributed by atoms with Gasteiger partial charge in [-0.25, -0.2) is 13.6 Å². The highest BCUT2D eigenvalue weighted by molar-refractivity contribution is 5.87. The van der Waals surface area contributed by atoms with Crippen LogP contribution in [0.2, 0.25) is 0 Å². The standard InChI is InChI=1S/C13H10F2N2O4/c14-12(15)6-3-7(8-5-9(13(18)19)17-16-8)11-10(4-6)20-1-2-21-11/h3-5,12H,1-2H2,(H,16,17)(H,18,19). The van der Waals surface area contributed by atoms with Gasteiger partial charge in [0.25, 0.3) is 6.43 Å². The van der Waals surface area contributed by atoms with Crippen molar-refractivity contribution in [3.05, 3.63) is 29.5 Å². The first-order chi connectivity index (χ1) is 10.1. The molecule has 0 fully saturated rings. The summed E-state index contributed by atoms with van der Waals surface area (Å²) in [5.41, 5.74) is 0.0925. The Morgan fingerprint density at radius 1 is 1.29 bits per heavy atom. The fourth-order valence-electron chi connectivity index (χ4n) is 2.06. The summed E-state index contributed by atoms with van der Waals surface area (Å²) < 4.78 is 36.7. The number of nitrogens with zero attached hydrogens (tertiary/aromatic N) is 1. The lowest BCUT2D eigenvalue weighted by Crippen LogP contribution is -2.16. The molecular formula is C13H10F2N2O4. The largest absolute Gasteiger partial charge is 0.486 e. The number of rotatable bonds is 3. The van der Waals surface area contributed by atoms with Gasteiger partial charge in [0.1, 0.15) is 18.9 Å². The Balaban J connectivity index is 2.14. The molecule has 2 aromatic rings. The summed E-state index contributed by atoms with van der Waals surface area (Å²) >= 11 is 0. The SMILES string of the molecule is O=C(O)c1cc(-c2cc(C(F)F)cc3c2OCCO3)n[nH]1. The summed E-state index contributed by atoms with van der Waals surface area (Å²) in [5, 5.41) is 15.0. The topological polar surface area (TPSA) is 84.4 Å². The molecule has 0 bridgehead atoms. The molecule has 0 radical (unpaired) electrons. The average molecular weight is 296 g/mol. The van der Waals surface area contributed by atoms with Gasteiger partial charge < -0.3 is 14.6 Å². The third-order valence-corrected chi connectivity index (χ3v) is 3.00. The maximum Gasteiger partial charge on any atom is 0.353 e. The number of alkyl halides is 2. The molecule has 3 rings (SSSR count). The number of carbonyl (C=O) groups is 1. The van der Waals surface area contributed by atoms with Crippen LogP contribution in [0.5, 0.6) is 11.5 Å². The number of aromatic amines is 1. The number of hydrogen-bond donors (Lipinski definition) is 2. The Labute approximate surface area is 117 Å². The van der Waals surface area contributed by atoms with Crippen molar-refractivity contribution in [2.75, 3.05) is 13.2 Å². The van der Waals surface area contributed by atoms with Crippen molar-refractivity contribution < 1.29 is 28.2 Å². The zero-order chi connectivity index (χ0) is 15.0. The van der Waals surface area contributed by atoms with Crippen LogP contribution in [0.25, 0.3) is 11.3 Å². The molecule has 1 aliphatic rings. The number of carboxylic acids is 1. The molecule has 8 heteroatoms. The number of nitrogens with one attached hydrogen (secondary N) is 1. The summed E-state index contributed by atoms with van der Waals surface area (Å²) in [6.45, 7) is 0.546. The van der Waals surface area contributed by atoms with Gasteiger partial charge in [0.2, 0.25) is 0 Å². The molecule has 1 aromatic heterocycles. The van der Waals surface area contributed by atoms with Crippen LogP contribution in [0.3, 0.4) is 0 Å². The van der Waals surface area contributed by atoms with Gasteiger partial charge in [0.15, 0.2) is 11.5 Å². The molecule has 0 aliphatic carbocycles. The molecule has 2 N–H and O–H groups in total. The number of carboxylic acid groups (broad SMARTS) is 1. The van der Waals surface area contributed by atoms with Gasteiger partial charge in [0, 0.05) is 11.1 Å². The quantitative estimate of drug-likeness (QED) is 0.909. The molecule has 1 aromatic carbocycles. The normalized spacial score (nSPS) is 13.5. The lowest BCUT2D eigenvalue weighted by molar-refractivity contribution is 0.0690. The maximum atomic E-state index is 12.9. The van der Waals surface area contributed by atoms with E-state index >= 15 is 0 Å². The van der Waals surface area contributed by atoms with E-state index in [1.54, 1.807) is 0 Å². The van der Waals surface area contributed by atoms with Gasteiger partial charge in [-0.15, -0.1) is 0 Å². The second kappa shape index (κ2) is 5.04. The van der Waals surface area contributed by atoms with E-state index in [1.807, 2.05) is 0 Å². The molecule has 110 valence electrons. The van der Waals surface area contributed by atoms with E-state index in [1.165, 1.54) is 18.2 Å². The number of halogens is 2. The predicted octanol–water partition coefficient (Wildman–Crippen LogP) is 2.48. The van der Waals surface area contributed by atoms with Gasteiger partial charge >= 0.3 is 5.97 Å². The smallest absolute Gasteiger partial charge is 0.353 e. The third-order valence-electron chi connectivity index (χ3n) is 3.00. The van der Waals surface area contributed by atoms with E-state index in [0.717, 1.165) is 0 Å². The molecular weight excluding hydrogens is 286 g/mol. The molecule has 2 heterocycles. The van der Waals surface area contributed by atoms with Crippen LogP contribution in [-0.4, -0.2) is 34.5 Å². The maximum absolute atomic E-state index is 12.9. The molecule has 0 saturated carbocycles. The van der Waals surface area contributed by atoms with Gasteiger partial charge in [0.05, 0.1) is 5.69 Å². The number of fused-ring (bicyclic) bond motifs is 1. The second-order valence-electron chi connectivity index (χ2n) is 4.37. The highest BCUT2D eigenvalue weighted by Gasteiger charge is 2.23. The van der Waals surface area contributed by atoms with E-state index in [2.05, 4.69) is 10.2 Å². The van der Waals surface area contributed by atoms with Crippen molar-refractivity contribution in [1.82, 2.24) is 10.2 Å². The lowest BCUT2D eigenvalue weighted by Gasteiger charge is -2.21. The van der Waals surface area contributed by atoms with E-state index in [0.29, 0.717) is 0 Å². The molecule has 0 amide bonds. The molecule has 0 saturated heterocycles. The van der Waals surface area contributed by atoms with Crippen LogP contribution in [0.1, 0.15) is 22.5 Å². The second-order valence-corrected chi connectivity index (χ2v) is 4.37. The van der Waals surface area contributed by atoms with Gasteiger partial charge in [-0.3, -0.25) is 5.10 Å². The summed E-state index contributed by atoms with van der Waals surface area (Å²) in [7, 11) is 0. The summed E-state index contributed by atoms with van der Waals surface area (Å²) in [5.74, 6) is -0.701. The number of hydrogen-bond acceptors (Lipinski definition) is 4. The first kappa shape index (κ1) is 13.3. The fourth-order valence-corrected chi connectivity index (χ4v) is 2.06. The van der Waals surface area contributed by atoms with Crippen LogP contribution in [0.15, 0.2) is 18.2 Å². The minimum absolute atomic E-state index is 0.141. The van der Waals surface area contributed by atoms with E-state index in [-0.39, 0.29) is 47.2 Å². The van der Waals surface area contributed by atoms with Crippen molar-refractivity contribution in [1.29, 1.82) is 0 Å². The van der Waals surface area contributed by atoms with Crippen LogP contribution in [0, 0.1) is 0 Å². The predicted molar refractivity (Wildman–Crippen MR) is 66.9 cm³/mol. The first-order valence-electron chi connectivity index (χ1n) is 6.07. The third kappa shape index (κ3) is 2.39. The van der Waals surface area contributed by atoms with E-state index < -0.39 is 12.4 Å². The van der Waals surface area contributed by atoms with Crippen LogP contribution in [0.4, 0.5) is 8.78 Å². The molecule has 0 spiro atoms. The Morgan fingerprint density at radius 3 is 2.71 bits per heavy atom. The molecule has 21 heavy (non-hydrogen) atoms. The molecule has 1 aliphatic heterocycles. The Bertz CT molecular complexity index is 699. The van der Waals surface area contributed by atoms with Crippen molar-refractivity contribution in [2.24, 2.45) is 0 Å². The highest BCUT2D eigenvalue weighted by atomic mass is 19.3. The van der Waals surface area contributed by atoms with Gasteiger partial charge in [-0.1, -0.05) is 0 Å². The number of aromatic nitrogens is 2. The highest BCUT2D eigenvalue weighted by Crippen LogP contribution is 2.42. The zero-order valence-corrected chi connectivity index (χ0v) is 10.6. The summed E-state index contributed by atoms with van der Waals surface area (Å²) in [6.07, 6.45) is -2.68. The number of H-pyrrole nitrogens is 1. The Kier molecular flexibility index (Phi) is 3.20. The van der Waals surface area contributed by atoms with Crippen molar-refractivity contribution in [3.63, 3.8) is 0 Å². The minimum atomic E-state index is -2.68. The van der Waals surface area contributed by atoms with E-state index in [4.69, 9.17) is 14.6 Å². The molecule has 0 unspecified atom stereocenters. The number of aromatic carboxylic acids is 1. The van der Waals surface area contributed by atoms with E-state index in [9.17, 15) is 13.6 Å². The van der Waals surface area contributed by atoms with Crippen molar-refractivity contribution in [3.8, 4) is 22.8 Å². The van der Waals surface area contributed by atoms with Crippen LogP contribution < -0.4 is 9.47 Å². The van der Waals surface area contributed by atoms with Crippen LogP contribution in [-0.2, 0) is 0 Å². The van der Waals surface area contributed by atoms with Crippen LogP contribution >= 0.6 is 0 Å². The van der Waals surface area contributed by atoms with Gasteiger partial charge in [-0.05, 0) is 18.2 Å². The Morgan fingerprint density at radius 2 is 2.05 bits per heavy atom. The number of benzene rings is 1. The first-order valence-corrected chi connectivity index (χ1v) is 6.07. The molecule has 6 nitrogen and oxygen atoms in total. The molecule has 0 atom stereocenters. The number of ether oxygens (including phenoxy) is 2. The monoisotopic (exact) mass is 296 g/mol. The van der Waals surface area contributed by atoms with Crippen molar-refractivity contribution in [2.45, 2.75) is 6.43 Å². The summed E-state index contributed by atoms with van der Waals surface area (Å²) in [6, 6.07) is 3.69. The summed E-state index contributed by atoms with van der Waals surface area (Å²) in [4.78, 5) is 10.9. The van der Waals surface area contributed by atoms with Crippen molar-refractivity contribution >= 4 is 5.97 Å². The average Bonchev–Trinajstić information content (AvgIpc) is 2.96. The zero-order valence-electron chi connectivity index (χ0n) is 10.6. The van der Waals surface area contributed by atoms with Gasteiger partial charge in [-0.2, -0.15) is 5.10 Å². The lowest BCUT2D eigenvalue weighted by atomic mass is 10.0. The fraction of sp³-hybridized carbons (Fsp3) is 0.231. The minimum Gasteiger partial charge on any atom is -0.486 e.